The summed E-state index contributed by atoms with van der Waals surface area (Å²) in [6.45, 7) is 6.51. The highest BCUT2D eigenvalue weighted by Crippen LogP contribution is 2.38. The van der Waals surface area contributed by atoms with E-state index >= 15 is 0 Å². The summed E-state index contributed by atoms with van der Waals surface area (Å²) in [4.78, 5) is 16.1. The first-order chi connectivity index (χ1) is 9.96. The predicted molar refractivity (Wildman–Crippen MR) is 80.0 cm³/mol. The molecule has 3 heterocycles. The van der Waals surface area contributed by atoms with Gasteiger partial charge in [-0.15, -0.1) is 5.10 Å². The molecule has 6 heteroatoms. The largest absolute Gasteiger partial charge is 0.443 e. The van der Waals surface area contributed by atoms with Crippen LogP contribution >= 0.6 is 0 Å². The van der Waals surface area contributed by atoms with Crippen molar-refractivity contribution in [2.45, 2.75) is 45.6 Å². The molecule has 112 valence electrons. The Bertz CT molecular complexity index is 592. The number of amides is 1. The Morgan fingerprint density at radius 1 is 1.33 bits per heavy atom. The molecule has 0 unspecified atom stereocenters. The summed E-state index contributed by atoms with van der Waals surface area (Å²) in [5.74, 6) is 0.539. The van der Waals surface area contributed by atoms with E-state index in [2.05, 4.69) is 15.1 Å². The van der Waals surface area contributed by atoms with Crippen LogP contribution in [0.2, 0.25) is 0 Å². The summed E-state index contributed by atoms with van der Waals surface area (Å²) >= 11 is 0. The van der Waals surface area contributed by atoms with Crippen molar-refractivity contribution in [3.05, 3.63) is 24.2 Å². The van der Waals surface area contributed by atoms with Crippen molar-refractivity contribution >= 4 is 17.6 Å². The quantitative estimate of drug-likeness (QED) is 0.734. The Balaban J connectivity index is 1.98. The number of allylic oxidation sites excluding steroid dienone is 1. The van der Waals surface area contributed by atoms with E-state index in [4.69, 9.17) is 4.74 Å². The number of nitrogens with zero attached hydrogens (tertiary/aromatic N) is 4. The SMILES string of the molecule is CC(C)(C)OC(=O)N1C=C2CCCCN2c2ccnnc21. The summed E-state index contributed by atoms with van der Waals surface area (Å²) in [5.41, 5.74) is 1.52. The molecular weight excluding hydrogens is 268 g/mol. The Hall–Kier alpha value is -2.11. The fourth-order valence-electron chi connectivity index (χ4n) is 2.62. The molecule has 1 fully saturated rings. The molecule has 3 rings (SSSR count). The van der Waals surface area contributed by atoms with Gasteiger partial charge >= 0.3 is 6.09 Å². The maximum Gasteiger partial charge on any atom is 0.420 e. The normalized spacial score (nSPS) is 17.8. The summed E-state index contributed by atoms with van der Waals surface area (Å²) in [7, 11) is 0. The van der Waals surface area contributed by atoms with Crippen molar-refractivity contribution in [2.75, 3.05) is 16.3 Å². The molecule has 2 aliphatic heterocycles. The van der Waals surface area contributed by atoms with Gasteiger partial charge in [0.05, 0.1) is 11.9 Å². The van der Waals surface area contributed by atoms with Gasteiger partial charge in [-0.3, -0.25) is 0 Å². The number of ether oxygens (including phenoxy) is 1. The average Bonchev–Trinajstić information content (AvgIpc) is 2.44. The molecule has 0 N–H and O–H groups in total. The second kappa shape index (κ2) is 5.02. The number of fused-ring (bicyclic) bond motifs is 3. The zero-order valence-corrected chi connectivity index (χ0v) is 12.7. The highest BCUT2D eigenvalue weighted by Gasteiger charge is 2.33. The van der Waals surface area contributed by atoms with Crippen LogP contribution in [0, 0.1) is 0 Å². The van der Waals surface area contributed by atoms with Gasteiger partial charge in [0.2, 0.25) is 0 Å². The maximum atomic E-state index is 12.4. The lowest BCUT2D eigenvalue weighted by molar-refractivity contribution is 0.0594. The lowest BCUT2D eigenvalue weighted by Crippen LogP contribution is -2.40. The van der Waals surface area contributed by atoms with Crippen molar-refractivity contribution < 1.29 is 9.53 Å². The fourth-order valence-corrected chi connectivity index (χ4v) is 2.62. The van der Waals surface area contributed by atoms with Crippen LogP contribution in [-0.4, -0.2) is 28.4 Å². The standard InChI is InChI=1S/C15H20N4O2/c1-15(2,3)21-14(20)19-10-11-6-4-5-9-18(11)12-7-8-16-17-13(12)19/h7-8,10H,4-6,9H2,1-3H3. The van der Waals surface area contributed by atoms with Crippen LogP contribution in [0.15, 0.2) is 24.2 Å². The lowest BCUT2D eigenvalue weighted by atomic mass is 10.1. The van der Waals surface area contributed by atoms with E-state index in [9.17, 15) is 4.79 Å². The summed E-state index contributed by atoms with van der Waals surface area (Å²) in [6, 6.07) is 1.90. The molecule has 6 nitrogen and oxygen atoms in total. The van der Waals surface area contributed by atoms with Gasteiger partial charge in [-0.1, -0.05) is 0 Å². The van der Waals surface area contributed by atoms with Crippen molar-refractivity contribution in [1.82, 2.24) is 10.2 Å². The monoisotopic (exact) mass is 288 g/mol. The van der Waals surface area contributed by atoms with Gasteiger partial charge in [-0.05, 0) is 46.1 Å². The number of aromatic nitrogens is 2. The number of carbonyl (C=O) groups excluding carboxylic acids is 1. The first kappa shape index (κ1) is 13.9. The summed E-state index contributed by atoms with van der Waals surface area (Å²) in [5, 5.41) is 8.04. The van der Waals surface area contributed by atoms with Crippen LogP contribution in [0.4, 0.5) is 16.3 Å². The number of anilines is 2. The second-order valence-corrected chi connectivity index (χ2v) is 6.32. The zero-order chi connectivity index (χ0) is 15.0. The molecule has 1 aromatic heterocycles. The molecule has 0 aromatic carbocycles. The average molecular weight is 288 g/mol. The van der Waals surface area contributed by atoms with Crippen LogP contribution in [0.25, 0.3) is 0 Å². The third-order valence-electron chi connectivity index (χ3n) is 3.48. The van der Waals surface area contributed by atoms with Gasteiger partial charge in [0, 0.05) is 18.4 Å². The summed E-state index contributed by atoms with van der Waals surface area (Å²) in [6.07, 6.45) is 6.32. The maximum absolute atomic E-state index is 12.4. The first-order valence-corrected chi connectivity index (χ1v) is 7.28. The van der Waals surface area contributed by atoms with Crippen LogP contribution in [0.1, 0.15) is 40.0 Å². The van der Waals surface area contributed by atoms with E-state index in [-0.39, 0.29) is 0 Å². The fraction of sp³-hybridized carbons (Fsp3) is 0.533. The Morgan fingerprint density at radius 2 is 2.14 bits per heavy atom. The van der Waals surface area contributed by atoms with E-state index in [1.807, 2.05) is 33.0 Å². The molecule has 0 radical (unpaired) electrons. The number of rotatable bonds is 0. The van der Waals surface area contributed by atoms with E-state index < -0.39 is 11.7 Å². The van der Waals surface area contributed by atoms with E-state index in [0.29, 0.717) is 5.82 Å². The topological polar surface area (TPSA) is 58.6 Å². The molecule has 0 atom stereocenters. The van der Waals surface area contributed by atoms with Crippen molar-refractivity contribution in [2.24, 2.45) is 0 Å². The van der Waals surface area contributed by atoms with Crippen molar-refractivity contribution in [1.29, 1.82) is 0 Å². The summed E-state index contributed by atoms with van der Waals surface area (Å²) < 4.78 is 5.47. The minimum Gasteiger partial charge on any atom is -0.443 e. The van der Waals surface area contributed by atoms with Crippen LogP contribution in [0.5, 0.6) is 0 Å². The third-order valence-corrected chi connectivity index (χ3v) is 3.48. The molecule has 0 spiro atoms. The van der Waals surface area contributed by atoms with Gasteiger partial charge in [-0.25, -0.2) is 9.69 Å². The van der Waals surface area contributed by atoms with Gasteiger partial charge in [0.25, 0.3) is 0 Å². The first-order valence-electron chi connectivity index (χ1n) is 7.28. The Morgan fingerprint density at radius 3 is 2.90 bits per heavy atom. The molecule has 2 aliphatic rings. The van der Waals surface area contributed by atoms with Crippen molar-refractivity contribution in [3.8, 4) is 0 Å². The predicted octanol–water partition coefficient (Wildman–Crippen LogP) is 3.06. The zero-order valence-electron chi connectivity index (χ0n) is 12.7. The number of carbonyl (C=O) groups is 1. The minimum absolute atomic E-state index is 0.415. The lowest BCUT2D eigenvalue weighted by Gasteiger charge is -2.38. The van der Waals surface area contributed by atoms with E-state index in [1.54, 1.807) is 6.20 Å². The molecule has 0 bridgehead atoms. The molecule has 1 amide bonds. The molecule has 21 heavy (non-hydrogen) atoms. The van der Waals surface area contributed by atoms with E-state index in [1.165, 1.54) is 4.90 Å². The van der Waals surface area contributed by atoms with Gasteiger partial charge < -0.3 is 9.64 Å². The minimum atomic E-state index is -0.540. The van der Waals surface area contributed by atoms with Gasteiger partial charge in [0.15, 0.2) is 5.82 Å². The van der Waals surface area contributed by atoms with Crippen LogP contribution < -0.4 is 9.80 Å². The van der Waals surface area contributed by atoms with Gasteiger partial charge in [0.1, 0.15) is 5.60 Å². The smallest absolute Gasteiger partial charge is 0.420 e. The van der Waals surface area contributed by atoms with Crippen LogP contribution in [0.3, 0.4) is 0 Å². The Kier molecular flexibility index (Phi) is 3.31. The highest BCUT2D eigenvalue weighted by atomic mass is 16.6. The highest BCUT2D eigenvalue weighted by molar-refractivity contribution is 5.94. The van der Waals surface area contributed by atoms with Gasteiger partial charge in [-0.2, -0.15) is 5.10 Å². The van der Waals surface area contributed by atoms with Crippen molar-refractivity contribution in [3.63, 3.8) is 0 Å². The molecule has 1 aromatic rings. The number of piperidine rings is 1. The Labute approximate surface area is 124 Å². The number of hydrogen-bond donors (Lipinski definition) is 0. The van der Waals surface area contributed by atoms with E-state index in [0.717, 1.165) is 37.2 Å². The molecule has 1 saturated heterocycles. The molecule has 0 aliphatic carbocycles. The molecular formula is C15H20N4O2. The third kappa shape index (κ3) is 2.70. The molecule has 0 saturated carbocycles. The number of hydrogen-bond acceptors (Lipinski definition) is 5. The van der Waals surface area contributed by atoms with Crippen LogP contribution in [-0.2, 0) is 4.74 Å². The second-order valence-electron chi connectivity index (χ2n) is 6.32.